The summed E-state index contributed by atoms with van der Waals surface area (Å²) < 4.78 is 5.58. The molecule has 116 valence electrons. The first-order valence-electron chi connectivity index (χ1n) is 6.89. The van der Waals surface area contributed by atoms with E-state index in [1.54, 1.807) is 48.4 Å². The van der Waals surface area contributed by atoms with Crippen LogP contribution in [-0.2, 0) is 5.75 Å². The molecule has 3 aromatic rings. The van der Waals surface area contributed by atoms with Gasteiger partial charge in [0.1, 0.15) is 5.76 Å². The van der Waals surface area contributed by atoms with Crippen molar-refractivity contribution in [2.24, 2.45) is 0 Å². The Morgan fingerprint density at radius 3 is 2.74 bits per heavy atom. The molecule has 0 radical (unpaired) electrons. The summed E-state index contributed by atoms with van der Waals surface area (Å²) in [7, 11) is 0. The molecule has 4 nitrogen and oxygen atoms in total. The third kappa shape index (κ3) is 4.37. The SMILES string of the molecule is O=C(Nc1cccnc1)c1ccc(CSc2ccc(Cl)cc2)o1. The molecule has 0 spiro atoms. The normalized spacial score (nSPS) is 10.5. The van der Waals surface area contributed by atoms with E-state index < -0.39 is 0 Å². The smallest absolute Gasteiger partial charge is 0.291 e. The molecule has 2 heterocycles. The molecule has 0 aliphatic heterocycles. The summed E-state index contributed by atoms with van der Waals surface area (Å²) in [5, 5.41) is 3.44. The molecule has 0 atom stereocenters. The predicted molar refractivity (Wildman–Crippen MR) is 91.9 cm³/mol. The Morgan fingerprint density at radius 2 is 2.00 bits per heavy atom. The number of benzene rings is 1. The number of hydrogen-bond acceptors (Lipinski definition) is 4. The van der Waals surface area contributed by atoms with Crippen molar-refractivity contribution >= 4 is 35.0 Å². The zero-order valence-corrected chi connectivity index (χ0v) is 13.6. The van der Waals surface area contributed by atoms with Gasteiger partial charge in [-0.05, 0) is 48.5 Å². The molecule has 1 amide bonds. The number of aromatic nitrogens is 1. The average Bonchev–Trinajstić information content (AvgIpc) is 3.04. The van der Waals surface area contributed by atoms with E-state index in [1.165, 1.54) is 0 Å². The van der Waals surface area contributed by atoms with Crippen LogP contribution < -0.4 is 5.32 Å². The van der Waals surface area contributed by atoms with Crippen molar-refractivity contribution in [3.05, 3.63) is 77.5 Å². The minimum atomic E-state index is -0.291. The lowest BCUT2D eigenvalue weighted by molar-refractivity contribution is 0.0995. The maximum atomic E-state index is 12.1. The quantitative estimate of drug-likeness (QED) is 0.671. The largest absolute Gasteiger partial charge is 0.455 e. The van der Waals surface area contributed by atoms with Crippen LogP contribution in [0, 0.1) is 0 Å². The van der Waals surface area contributed by atoms with Gasteiger partial charge in [0.05, 0.1) is 17.6 Å². The fraction of sp³-hybridized carbons (Fsp3) is 0.0588. The molecular formula is C17H13ClN2O2S. The summed E-state index contributed by atoms with van der Waals surface area (Å²) in [5.74, 6) is 1.37. The van der Waals surface area contributed by atoms with Gasteiger partial charge in [-0.1, -0.05) is 11.6 Å². The van der Waals surface area contributed by atoms with Gasteiger partial charge in [0, 0.05) is 16.1 Å². The van der Waals surface area contributed by atoms with E-state index in [9.17, 15) is 4.79 Å². The highest BCUT2D eigenvalue weighted by Crippen LogP contribution is 2.25. The Balaban J connectivity index is 1.59. The summed E-state index contributed by atoms with van der Waals surface area (Å²) in [6.07, 6.45) is 3.23. The van der Waals surface area contributed by atoms with Gasteiger partial charge in [-0.25, -0.2) is 0 Å². The van der Waals surface area contributed by atoms with Crippen LogP contribution in [0.25, 0.3) is 0 Å². The fourth-order valence-electron chi connectivity index (χ4n) is 1.89. The Bertz CT molecular complexity index is 788. The van der Waals surface area contributed by atoms with E-state index in [0.717, 1.165) is 10.7 Å². The third-order valence-electron chi connectivity index (χ3n) is 3.00. The van der Waals surface area contributed by atoms with Crippen LogP contribution >= 0.6 is 23.4 Å². The number of pyridine rings is 1. The van der Waals surface area contributed by atoms with Crippen LogP contribution in [-0.4, -0.2) is 10.9 Å². The first-order chi connectivity index (χ1) is 11.2. The summed E-state index contributed by atoms with van der Waals surface area (Å²) >= 11 is 7.47. The highest BCUT2D eigenvalue weighted by atomic mass is 35.5. The summed E-state index contributed by atoms with van der Waals surface area (Å²) in [4.78, 5) is 17.1. The molecule has 0 fully saturated rings. The second-order valence-electron chi connectivity index (χ2n) is 4.70. The molecule has 0 unspecified atom stereocenters. The zero-order valence-electron chi connectivity index (χ0n) is 12.0. The van der Waals surface area contributed by atoms with Gasteiger partial charge in [0.25, 0.3) is 5.91 Å². The molecule has 1 N–H and O–H groups in total. The van der Waals surface area contributed by atoms with Crippen LogP contribution in [0.2, 0.25) is 5.02 Å². The van der Waals surface area contributed by atoms with Crippen LogP contribution in [0.5, 0.6) is 0 Å². The van der Waals surface area contributed by atoms with Gasteiger partial charge < -0.3 is 9.73 Å². The summed E-state index contributed by atoms with van der Waals surface area (Å²) in [6.45, 7) is 0. The first kappa shape index (κ1) is 15.6. The standard InChI is InChI=1S/C17H13ClN2O2S/c18-12-3-6-15(7-4-12)23-11-14-5-8-16(22-14)17(21)20-13-2-1-9-19-10-13/h1-10H,11H2,(H,20,21). The number of nitrogens with zero attached hydrogens (tertiary/aromatic N) is 1. The van der Waals surface area contributed by atoms with Crippen molar-refractivity contribution in [3.63, 3.8) is 0 Å². The molecule has 0 aliphatic rings. The Morgan fingerprint density at radius 1 is 1.17 bits per heavy atom. The minimum Gasteiger partial charge on any atom is -0.455 e. The molecule has 1 aromatic carbocycles. The zero-order chi connectivity index (χ0) is 16.1. The lowest BCUT2D eigenvalue weighted by Gasteiger charge is -2.02. The average molecular weight is 345 g/mol. The number of amides is 1. The number of carbonyl (C=O) groups excluding carboxylic acids is 1. The van der Waals surface area contributed by atoms with Crippen molar-refractivity contribution in [2.75, 3.05) is 5.32 Å². The van der Waals surface area contributed by atoms with Gasteiger partial charge in [0.15, 0.2) is 5.76 Å². The maximum absolute atomic E-state index is 12.1. The van der Waals surface area contributed by atoms with Crippen molar-refractivity contribution < 1.29 is 9.21 Å². The number of hydrogen-bond donors (Lipinski definition) is 1. The number of halogens is 1. The predicted octanol–water partition coefficient (Wildman–Crippen LogP) is 4.87. The number of carbonyl (C=O) groups is 1. The second-order valence-corrected chi connectivity index (χ2v) is 6.19. The van der Waals surface area contributed by atoms with Gasteiger partial charge in [-0.3, -0.25) is 9.78 Å². The van der Waals surface area contributed by atoms with Gasteiger partial charge >= 0.3 is 0 Å². The van der Waals surface area contributed by atoms with Crippen molar-refractivity contribution in [1.82, 2.24) is 4.98 Å². The Labute approximate surface area is 142 Å². The van der Waals surface area contributed by atoms with E-state index in [4.69, 9.17) is 16.0 Å². The number of nitrogens with one attached hydrogen (secondary N) is 1. The summed E-state index contributed by atoms with van der Waals surface area (Å²) in [5.41, 5.74) is 0.631. The van der Waals surface area contributed by atoms with Gasteiger partial charge in [-0.15, -0.1) is 11.8 Å². The fourth-order valence-corrected chi connectivity index (χ4v) is 2.81. The van der Waals surface area contributed by atoms with Gasteiger partial charge in [0.2, 0.25) is 0 Å². The van der Waals surface area contributed by atoms with Crippen LogP contribution in [0.3, 0.4) is 0 Å². The number of anilines is 1. The number of thioether (sulfide) groups is 1. The number of rotatable bonds is 5. The lowest BCUT2D eigenvalue weighted by Crippen LogP contribution is -2.10. The van der Waals surface area contributed by atoms with Crippen molar-refractivity contribution in [2.45, 2.75) is 10.6 Å². The van der Waals surface area contributed by atoms with E-state index in [-0.39, 0.29) is 11.7 Å². The van der Waals surface area contributed by atoms with Crippen molar-refractivity contribution in [3.8, 4) is 0 Å². The topological polar surface area (TPSA) is 55.1 Å². The van der Waals surface area contributed by atoms with Crippen molar-refractivity contribution in [1.29, 1.82) is 0 Å². The molecule has 0 saturated heterocycles. The third-order valence-corrected chi connectivity index (χ3v) is 4.29. The Hall–Kier alpha value is -2.24. The summed E-state index contributed by atoms with van der Waals surface area (Å²) in [6, 6.07) is 14.6. The number of furan rings is 1. The molecule has 2 aromatic heterocycles. The molecule has 6 heteroatoms. The van der Waals surface area contributed by atoms with Crippen LogP contribution in [0.15, 0.2) is 70.2 Å². The van der Waals surface area contributed by atoms with E-state index in [0.29, 0.717) is 16.5 Å². The molecule has 3 rings (SSSR count). The van der Waals surface area contributed by atoms with E-state index >= 15 is 0 Å². The molecule has 0 aliphatic carbocycles. The van der Waals surface area contributed by atoms with E-state index in [2.05, 4.69) is 10.3 Å². The van der Waals surface area contributed by atoms with Gasteiger partial charge in [-0.2, -0.15) is 0 Å². The molecule has 23 heavy (non-hydrogen) atoms. The maximum Gasteiger partial charge on any atom is 0.291 e. The molecule has 0 bridgehead atoms. The molecule has 0 saturated carbocycles. The van der Waals surface area contributed by atoms with Crippen LogP contribution in [0.4, 0.5) is 5.69 Å². The molecular weight excluding hydrogens is 332 g/mol. The Kier molecular flexibility index (Phi) is 5.00. The first-order valence-corrected chi connectivity index (χ1v) is 8.25. The van der Waals surface area contributed by atoms with E-state index in [1.807, 2.05) is 24.3 Å². The minimum absolute atomic E-state index is 0.278. The second kappa shape index (κ2) is 7.35. The highest BCUT2D eigenvalue weighted by molar-refractivity contribution is 7.98. The van der Waals surface area contributed by atoms with Crippen LogP contribution in [0.1, 0.15) is 16.3 Å². The monoisotopic (exact) mass is 344 g/mol. The lowest BCUT2D eigenvalue weighted by atomic mass is 10.3. The highest BCUT2D eigenvalue weighted by Gasteiger charge is 2.11.